The molecule has 0 radical (unpaired) electrons. The van der Waals surface area contributed by atoms with Crippen molar-refractivity contribution in [1.82, 2.24) is 10.2 Å². The number of rotatable bonds is 6. The minimum absolute atomic E-state index is 0.418. The third-order valence-corrected chi connectivity index (χ3v) is 5.46. The van der Waals surface area contributed by atoms with Crippen molar-refractivity contribution in [2.45, 2.75) is 25.0 Å². The molecule has 0 aliphatic heterocycles. The smallest absolute Gasteiger partial charge is 0.287 e. The maximum atomic E-state index is 5.73. The second kappa shape index (κ2) is 6.89. The Balaban J connectivity index is 1.75. The molecule has 0 saturated heterocycles. The molecule has 0 bridgehead atoms. The number of halogens is 1. The van der Waals surface area contributed by atoms with Crippen LogP contribution in [0.2, 0.25) is 0 Å². The van der Waals surface area contributed by atoms with E-state index in [-0.39, 0.29) is 0 Å². The molecular weight excluding hydrogens is 372 g/mol. The molecule has 0 amide bonds. The highest BCUT2D eigenvalue weighted by Gasteiger charge is 2.14. The Bertz CT molecular complexity index is 741. The highest BCUT2D eigenvalue weighted by atomic mass is 79.9. The third-order valence-electron chi connectivity index (χ3n) is 2.81. The van der Waals surface area contributed by atoms with Crippen molar-refractivity contribution in [3.63, 3.8) is 0 Å². The van der Waals surface area contributed by atoms with Gasteiger partial charge in [0, 0.05) is 26.4 Å². The zero-order valence-electron chi connectivity index (χ0n) is 11.3. The van der Waals surface area contributed by atoms with Crippen LogP contribution in [0.4, 0.5) is 0 Å². The summed E-state index contributed by atoms with van der Waals surface area (Å²) in [4.78, 5) is 0. The van der Waals surface area contributed by atoms with Crippen LogP contribution >= 0.6 is 37.5 Å². The lowest BCUT2D eigenvalue weighted by molar-refractivity contribution is 0.453. The first-order chi connectivity index (χ1) is 10.3. The van der Waals surface area contributed by atoms with Crippen LogP contribution in [0.5, 0.6) is 0 Å². The van der Waals surface area contributed by atoms with E-state index in [1.165, 1.54) is 23.6 Å². The van der Waals surface area contributed by atoms with Gasteiger partial charge in [-0.05, 0) is 30.7 Å². The molecule has 110 valence electrons. The number of aromatic nitrogens is 2. The highest BCUT2D eigenvalue weighted by Crippen LogP contribution is 2.34. The summed E-state index contributed by atoms with van der Waals surface area (Å²) in [6.45, 7) is 2.18. The third kappa shape index (κ3) is 3.64. The molecule has 0 N–H and O–H groups in total. The van der Waals surface area contributed by atoms with Gasteiger partial charge in [-0.15, -0.1) is 5.10 Å². The fourth-order valence-electron chi connectivity index (χ4n) is 1.76. The van der Waals surface area contributed by atoms with Crippen LogP contribution in [0.25, 0.3) is 22.6 Å². The van der Waals surface area contributed by atoms with Gasteiger partial charge in [0.1, 0.15) is 5.58 Å². The van der Waals surface area contributed by atoms with E-state index in [9.17, 15) is 0 Å². The van der Waals surface area contributed by atoms with Crippen LogP contribution in [0, 0.1) is 0 Å². The summed E-state index contributed by atoms with van der Waals surface area (Å²) in [6.07, 6.45) is 2.38. The van der Waals surface area contributed by atoms with E-state index in [0.29, 0.717) is 16.9 Å². The van der Waals surface area contributed by atoms with Gasteiger partial charge in [0.25, 0.3) is 11.1 Å². The summed E-state index contributed by atoms with van der Waals surface area (Å²) in [5.41, 5.74) is 0.804. The van der Waals surface area contributed by atoms with E-state index < -0.39 is 0 Å². The van der Waals surface area contributed by atoms with Crippen LogP contribution in [-0.2, 0) is 0 Å². The van der Waals surface area contributed by atoms with Gasteiger partial charge >= 0.3 is 0 Å². The van der Waals surface area contributed by atoms with E-state index in [0.717, 1.165) is 21.2 Å². The molecule has 0 aliphatic rings. The predicted molar refractivity (Wildman–Crippen MR) is 90.4 cm³/mol. The Morgan fingerprint density at radius 2 is 2.10 bits per heavy atom. The zero-order chi connectivity index (χ0) is 14.7. The molecule has 3 aromatic rings. The molecule has 0 unspecified atom stereocenters. The van der Waals surface area contributed by atoms with E-state index in [1.54, 1.807) is 10.8 Å². The van der Waals surface area contributed by atoms with Crippen molar-refractivity contribution in [2.75, 3.05) is 5.75 Å². The van der Waals surface area contributed by atoms with Crippen LogP contribution < -0.4 is 0 Å². The molecule has 7 heteroatoms. The molecule has 1 aromatic carbocycles. The largest absolute Gasteiger partial charge is 0.451 e. The summed E-state index contributed by atoms with van der Waals surface area (Å²) in [5.74, 6) is 2.10. The molecule has 0 atom stereocenters. The van der Waals surface area contributed by atoms with E-state index in [4.69, 9.17) is 8.83 Å². The van der Waals surface area contributed by atoms with Crippen LogP contribution in [-0.4, -0.2) is 16.0 Å². The standard InChI is InChI=1S/C14H13BrN2O2S2/c1-2-3-6-20-21-14-17-16-13(19-14)12-8-9-7-10(15)4-5-11(9)18-12/h4-5,7-8H,2-3,6H2,1H3. The van der Waals surface area contributed by atoms with Gasteiger partial charge < -0.3 is 8.83 Å². The average molecular weight is 385 g/mol. The van der Waals surface area contributed by atoms with Crippen molar-refractivity contribution in [2.24, 2.45) is 0 Å². The number of furan rings is 1. The Morgan fingerprint density at radius 3 is 2.95 bits per heavy atom. The van der Waals surface area contributed by atoms with Crippen molar-refractivity contribution in [3.8, 4) is 11.7 Å². The maximum absolute atomic E-state index is 5.73. The fraction of sp³-hybridized carbons (Fsp3) is 0.286. The Morgan fingerprint density at radius 1 is 1.19 bits per heavy atom. The number of benzene rings is 1. The number of fused-ring (bicyclic) bond motifs is 1. The molecule has 21 heavy (non-hydrogen) atoms. The fourth-order valence-corrected chi connectivity index (χ4v) is 4.02. The number of hydrogen-bond acceptors (Lipinski definition) is 6. The molecule has 2 heterocycles. The highest BCUT2D eigenvalue weighted by molar-refractivity contribution is 9.10. The average Bonchev–Trinajstić information content (AvgIpc) is 3.09. The Hall–Kier alpha value is -0.920. The molecule has 0 saturated carbocycles. The summed E-state index contributed by atoms with van der Waals surface area (Å²) in [7, 11) is 3.24. The Labute approximate surface area is 138 Å². The van der Waals surface area contributed by atoms with Gasteiger partial charge in [0.15, 0.2) is 5.76 Å². The Kier molecular flexibility index (Phi) is 4.92. The second-order valence-corrected chi connectivity index (χ2v) is 7.71. The molecular formula is C14H13BrN2O2S2. The lowest BCUT2D eigenvalue weighted by atomic mass is 10.2. The van der Waals surface area contributed by atoms with Gasteiger partial charge in [0.05, 0.1) is 0 Å². The number of hydrogen-bond donors (Lipinski definition) is 0. The van der Waals surface area contributed by atoms with Gasteiger partial charge in [-0.2, -0.15) is 0 Å². The molecule has 2 aromatic heterocycles. The van der Waals surface area contributed by atoms with Gasteiger partial charge in [-0.25, -0.2) is 0 Å². The second-order valence-electron chi connectivity index (χ2n) is 4.42. The minimum atomic E-state index is 0.418. The van der Waals surface area contributed by atoms with E-state index >= 15 is 0 Å². The SMILES string of the molecule is CCCCSSc1nnc(-c2cc3cc(Br)ccc3o2)o1. The molecule has 3 rings (SSSR count). The monoisotopic (exact) mass is 384 g/mol. The lowest BCUT2D eigenvalue weighted by Crippen LogP contribution is -1.73. The van der Waals surface area contributed by atoms with Crippen molar-refractivity contribution in [3.05, 3.63) is 28.7 Å². The summed E-state index contributed by atoms with van der Waals surface area (Å²) >= 11 is 3.44. The summed E-state index contributed by atoms with van der Waals surface area (Å²) in [5, 5.41) is 9.65. The number of nitrogens with zero attached hydrogens (tertiary/aromatic N) is 2. The van der Waals surface area contributed by atoms with Crippen LogP contribution in [0.1, 0.15) is 19.8 Å². The maximum Gasteiger partial charge on any atom is 0.287 e. The first kappa shape index (κ1) is 15.0. The normalized spacial score (nSPS) is 11.3. The van der Waals surface area contributed by atoms with Gasteiger partial charge in [-0.3, -0.25) is 0 Å². The molecule has 0 fully saturated rings. The lowest BCUT2D eigenvalue weighted by Gasteiger charge is -1.93. The molecule has 4 nitrogen and oxygen atoms in total. The van der Waals surface area contributed by atoms with E-state index in [1.807, 2.05) is 24.3 Å². The first-order valence-electron chi connectivity index (χ1n) is 6.58. The van der Waals surface area contributed by atoms with Crippen LogP contribution in [0.15, 0.2) is 42.8 Å². The van der Waals surface area contributed by atoms with Gasteiger partial charge in [-0.1, -0.05) is 45.2 Å². The van der Waals surface area contributed by atoms with Crippen LogP contribution in [0.3, 0.4) is 0 Å². The summed E-state index contributed by atoms with van der Waals surface area (Å²) < 4.78 is 12.4. The first-order valence-corrected chi connectivity index (χ1v) is 9.70. The van der Waals surface area contributed by atoms with Crippen molar-refractivity contribution in [1.29, 1.82) is 0 Å². The zero-order valence-corrected chi connectivity index (χ0v) is 14.6. The summed E-state index contributed by atoms with van der Waals surface area (Å²) in [6, 6.07) is 7.76. The molecule has 0 spiro atoms. The van der Waals surface area contributed by atoms with Gasteiger partial charge in [0.2, 0.25) is 0 Å². The van der Waals surface area contributed by atoms with E-state index in [2.05, 4.69) is 33.1 Å². The minimum Gasteiger partial charge on any atom is -0.451 e. The van der Waals surface area contributed by atoms with Crippen molar-refractivity contribution >= 4 is 48.5 Å². The molecule has 0 aliphatic carbocycles. The van der Waals surface area contributed by atoms with Crippen molar-refractivity contribution < 1.29 is 8.83 Å². The number of unbranched alkanes of at least 4 members (excludes halogenated alkanes) is 1. The topological polar surface area (TPSA) is 52.1 Å². The quantitative estimate of drug-likeness (QED) is 0.396. The predicted octanol–water partition coefficient (Wildman–Crippen LogP) is 5.79.